The van der Waals surface area contributed by atoms with E-state index in [1.54, 1.807) is 0 Å². The van der Waals surface area contributed by atoms with E-state index >= 15 is 0 Å². The Morgan fingerprint density at radius 3 is 2.29 bits per heavy atom. The summed E-state index contributed by atoms with van der Waals surface area (Å²) < 4.78 is 0. The summed E-state index contributed by atoms with van der Waals surface area (Å²) in [5, 5.41) is 3.65. The predicted octanol–water partition coefficient (Wildman–Crippen LogP) is 3.59. The highest BCUT2D eigenvalue weighted by Crippen LogP contribution is 2.38. The van der Waals surface area contributed by atoms with Gasteiger partial charge in [-0.15, -0.1) is 0 Å². The molecule has 0 unspecified atom stereocenters. The highest BCUT2D eigenvalue weighted by atomic mass is 14.9. The van der Waals surface area contributed by atoms with E-state index in [0.717, 1.165) is 5.92 Å². The smallest absolute Gasteiger partial charge is 0.000781 e. The molecule has 0 aliphatic heterocycles. The Morgan fingerprint density at radius 2 is 1.79 bits per heavy atom. The van der Waals surface area contributed by atoms with Gasteiger partial charge in [-0.1, -0.05) is 40.0 Å². The minimum Gasteiger partial charge on any atom is -0.316 e. The Labute approximate surface area is 89.7 Å². The topological polar surface area (TPSA) is 12.0 Å². The van der Waals surface area contributed by atoms with Crippen molar-refractivity contribution in [3.63, 3.8) is 0 Å². The predicted molar refractivity (Wildman–Crippen MR) is 63.5 cm³/mol. The van der Waals surface area contributed by atoms with E-state index in [1.807, 2.05) is 0 Å². The number of rotatable bonds is 5. The van der Waals surface area contributed by atoms with Crippen molar-refractivity contribution < 1.29 is 0 Å². The van der Waals surface area contributed by atoms with Crippen molar-refractivity contribution in [3.8, 4) is 0 Å². The Kier molecular flexibility index (Phi) is 4.94. The molecule has 0 aromatic heterocycles. The second-order valence-electron chi connectivity index (χ2n) is 5.44. The van der Waals surface area contributed by atoms with Crippen LogP contribution in [0.5, 0.6) is 0 Å². The van der Waals surface area contributed by atoms with Crippen LogP contribution in [0.4, 0.5) is 0 Å². The third-order valence-electron chi connectivity index (χ3n) is 3.72. The first kappa shape index (κ1) is 12.0. The molecule has 1 aliphatic carbocycles. The zero-order valence-electron chi connectivity index (χ0n) is 10.2. The van der Waals surface area contributed by atoms with Crippen molar-refractivity contribution in [2.45, 2.75) is 59.3 Å². The van der Waals surface area contributed by atoms with Crippen LogP contribution in [0.25, 0.3) is 0 Å². The molecule has 0 saturated heterocycles. The summed E-state index contributed by atoms with van der Waals surface area (Å²) in [6.45, 7) is 9.37. The first-order valence-corrected chi connectivity index (χ1v) is 6.39. The number of nitrogens with one attached hydrogen (secondary N) is 1. The molecule has 0 amide bonds. The second-order valence-corrected chi connectivity index (χ2v) is 5.44. The average Bonchev–Trinajstić information content (AvgIpc) is 2.19. The molecule has 0 heterocycles. The number of hydrogen-bond donors (Lipinski definition) is 1. The quantitative estimate of drug-likeness (QED) is 0.710. The molecule has 0 atom stereocenters. The van der Waals surface area contributed by atoms with Gasteiger partial charge in [0.15, 0.2) is 0 Å². The van der Waals surface area contributed by atoms with E-state index in [2.05, 4.69) is 26.1 Å². The lowest BCUT2D eigenvalue weighted by atomic mass is 9.72. The van der Waals surface area contributed by atoms with Crippen LogP contribution in [0.1, 0.15) is 59.3 Å². The Hall–Kier alpha value is -0.0400. The van der Waals surface area contributed by atoms with Gasteiger partial charge in [0, 0.05) is 6.54 Å². The van der Waals surface area contributed by atoms with E-state index in [-0.39, 0.29) is 0 Å². The van der Waals surface area contributed by atoms with Crippen LogP contribution in [-0.4, -0.2) is 13.1 Å². The lowest BCUT2D eigenvalue weighted by molar-refractivity contribution is 0.173. The van der Waals surface area contributed by atoms with E-state index in [0.29, 0.717) is 5.41 Å². The third-order valence-corrected chi connectivity index (χ3v) is 3.72. The van der Waals surface area contributed by atoms with Crippen molar-refractivity contribution in [3.05, 3.63) is 0 Å². The van der Waals surface area contributed by atoms with Crippen LogP contribution in [0.2, 0.25) is 0 Å². The molecule has 1 N–H and O–H groups in total. The molecular formula is C13H27N. The molecule has 1 saturated carbocycles. The van der Waals surface area contributed by atoms with Gasteiger partial charge in [0.1, 0.15) is 0 Å². The maximum Gasteiger partial charge on any atom is 0.000781 e. The molecule has 14 heavy (non-hydrogen) atoms. The summed E-state index contributed by atoms with van der Waals surface area (Å²) in [7, 11) is 0. The summed E-state index contributed by atoms with van der Waals surface area (Å²) in [5.41, 5.74) is 0.646. The summed E-state index contributed by atoms with van der Waals surface area (Å²) in [5.74, 6) is 0.785. The minimum absolute atomic E-state index is 0.646. The molecular weight excluding hydrogens is 170 g/mol. The highest BCUT2D eigenvalue weighted by molar-refractivity contribution is 4.83. The molecule has 0 bridgehead atoms. The summed E-state index contributed by atoms with van der Waals surface area (Å²) in [6, 6.07) is 0. The van der Waals surface area contributed by atoms with Gasteiger partial charge in [-0.2, -0.15) is 0 Å². The number of hydrogen-bond acceptors (Lipinski definition) is 1. The summed E-state index contributed by atoms with van der Waals surface area (Å²) >= 11 is 0. The molecule has 0 radical (unpaired) electrons. The normalized spacial score (nSPS) is 21.4. The van der Waals surface area contributed by atoms with Gasteiger partial charge in [-0.3, -0.25) is 0 Å². The van der Waals surface area contributed by atoms with Crippen LogP contribution >= 0.6 is 0 Å². The molecule has 0 spiro atoms. The summed E-state index contributed by atoms with van der Waals surface area (Å²) in [4.78, 5) is 0. The first-order valence-electron chi connectivity index (χ1n) is 6.39. The van der Waals surface area contributed by atoms with Gasteiger partial charge >= 0.3 is 0 Å². The molecule has 0 aromatic carbocycles. The highest BCUT2D eigenvalue weighted by Gasteiger charge is 2.29. The van der Waals surface area contributed by atoms with Crippen LogP contribution < -0.4 is 5.32 Å². The first-order chi connectivity index (χ1) is 6.68. The van der Waals surface area contributed by atoms with E-state index in [4.69, 9.17) is 0 Å². The average molecular weight is 197 g/mol. The van der Waals surface area contributed by atoms with Gasteiger partial charge < -0.3 is 5.32 Å². The lowest BCUT2D eigenvalue weighted by Crippen LogP contribution is -2.37. The van der Waals surface area contributed by atoms with Crippen LogP contribution in [0.15, 0.2) is 0 Å². The fourth-order valence-corrected chi connectivity index (χ4v) is 2.58. The maximum absolute atomic E-state index is 3.65. The van der Waals surface area contributed by atoms with Crippen molar-refractivity contribution >= 4 is 0 Å². The Bertz CT molecular complexity index is 145. The van der Waals surface area contributed by atoms with Crippen LogP contribution in [0.3, 0.4) is 0 Å². The van der Waals surface area contributed by atoms with Crippen molar-refractivity contribution in [2.75, 3.05) is 13.1 Å². The minimum atomic E-state index is 0.646. The van der Waals surface area contributed by atoms with Crippen LogP contribution in [-0.2, 0) is 0 Å². The van der Waals surface area contributed by atoms with Gasteiger partial charge in [-0.05, 0) is 37.1 Å². The summed E-state index contributed by atoms with van der Waals surface area (Å²) in [6.07, 6.45) is 8.64. The molecule has 84 valence electrons. The fourth-order valence-electron chi connectivity index (χ4n) is 2.58. The molecule has 1 rings (SSSR count). The lowest BCUT2D eigenvalue weighted by Gasteiger charge is -2.37. The largest absolute Gasteiger partial charge is 0.316 e. The SMILES string of the molecule is CCC1(CNCC(C)C)CCCCC1. The molecule has 0 aromatic rings. The molecule has 1 fully saturated rings. The van der Waals surface area contributed by atoms with Crippen molar-refractivity contribution in [1.29, 1.82) is 0 Å². The second kappa shape index (κ2) is 5.75. The van der Waals surface area contributed by atoms with Gasteiger partial charge in [0.05, 0.1) is 0 Å². The van der Waals surface area contributed by atoms with E-state index in [1.165, 1.54) is 51.6 Å². The van der Waals surface area contributed by atoms with Gasteiger partial charge in [-0.25, -0.2) is 0 Å². The van der Waals surface area contributed by atoms with Crippen LogP contribution in [0, 0.1) is 11.3 Å². The molecule has 1 aliphatic rings. The third kappa shape index (κ3) is 3.61. The monoisotopic (exact) mass is 197 g/mol. The van der Waals surface area contributed by atoms with E-state index in [9.17, 15) is 0 Å². The van der Waals surface area contributed by atoms with E-state index < -0.39 is 0 Å². The standard InChI is InChI=1S/C13H27N/c1-4-13(8-6-5-7-9-13)11-14-10-12(2)3/h12,14H,4-11H2,1-3H3. The maximum atomic E-state index is 3.65. The van der Waals surface area contributed by atoms with Crippen molar-refractivity contribution in [1.82, 2.24) is 5.32 Å². The Morgan fingerprint density at radius 1 is 1.14 bits per heavy atom. The fraction of sp³-hybridized carbons (Fsp3) is 1.00. The van der Waals surface area contributed by atoms with Gasteiger partial charge in [0.2, 0.25) is 0 Å². The zero-order valence-corrected chi connectivity index (χ0v) is 10.2. The molecule has 1 heteroatoms. The van der Waals surface area contributed by atoms with Crippen molar-refractivity contribution in [2.24, 2.45) is 11.3 Å². The van der Waals surface area contributed by atoms with Gasteiger partial charge in [0.25, 0.3) is 0 Å². The molecule has 1 nitrogen and oxygen atoms in total. The Balaban J connectivity index is 2.29. The zero-order chi connectivity index (χ0) is 10.4.